The molecule has 17 heavy (non-hydrogen) atoms. The van der Waals surface area contributed by atoms with E-state index < -0.39 is 5.82 Å². The van der Waals surface area contributed by atoms with Crippen LogP contribution in [0.15, 0.2) is 18.2 Å². The maximum absolute atomic E-state index is 12.9. The van der Waals surface area contributed by atoms with Crippen LogP contribution in [0.25, 0.3) is 0 Å². The lowest BCUT2D eigenvalue weighted by atomic mass is 10.3. The Morgan fingerprint density at radius 3 is 2.82 bits per heavy atom. The number of carbonyl (C=O) groups excluding carboxylic acids is 1. The van der Waals surface area contributed by atoms with E-state index in [9.17, 15) is 9.18 Å². The molecule has 0 aliphatic rings. The summed E-state index contributed by atoms with van der Waals surface area (Å²) in [7, 11) is 0. The second-order valence-electron chi connectivity index (χ2n) is 3.66. The largest absolute Gasteiger partial charge is 0.384 e. The molecule has 0 spiro atoms. The minimum Gasteiger partial charge on any atom is -0.384 e. The molecule has 94 valence electrons. The van der Waals surface area contributed by atoms with Crippen LogP contribution >= 0.6 is 11.6 Å². The van der Waals surface area contributed by atoms with Gasteiger partial charge in [-0.1, -0.05) is 18.5 Å². The zero-order valence-electron chi connectivity index (χ0n) is 9.72. The fraction of sp³-hybridized carbons (Fsp3) is 0.417. The number of carbonyl (C=O) groups is 1. The van der Waals surface area contributed by atoms with Crippen LogP contribution in [0.4, 0.5) is 10.1 Å². The first-order valence-corrected chi connectivity index (χ1v) is 5.97. The van der Waals surface area contributed by atoms with Crippen molar-refractivity contribution in [3.63, 3.8) is 0 Å². The highest BCUT2D eigenvalue weighted by Crippen LogP contribution is 2.19. The van der Waals surface area contributed by atoms with Gasteiger partial charge in [0.25, 0.3) is 0 Å². The Labute approximate surface area is 105 Å². The van der Waals surface area contributed by atoms with E-state index in [1.54, 1.807) is 6.07 Å². The second-order valence-corrected chi connectivity index (χ2v) is 4.06. The highest BCUT2D eigenvalue weighted by molar-refractivity contribution is 6.31. The van der Waals surface area contributed by atoms with Gasteiger partial charge in [-0.25, -0.2) is 4.39 Å². The Morgan fingerprint density at radius 2 is 2.18 bits per heavy atom. The van der Waals surface area contributed by atoms with Crippen LogP contribution in [-0.4, -0.2) is 19.0 Å². The van der Waals surface area contributed by atoms with E-state index in [-0.39, 0.29) is 10.9 Å². The van der Waals surface area contributed by atoms with Crippen molar-refractivity contribution in [3.8, 4) is 0 Å². The molecule has 1 aromatic rings. The third-order valence-corrected chi connectivity index (χ3v) is 2.46. The summed E-state index contributed by atoms with van der Waals surface area (Å²) in [6.45, 7) is 3.19. The molecule has 0 unspecified atom stereocenters. The van der Waals surface area contributed by atoms with Crippen LogP contribution in [0.1, 0.15) is 19.8 Å². The Hall–Kier alpha value is -1.29. The van der Waals surface area contributed by atoms with Crippen molar-refractivity contribution in [2.45, 2.75) is 19.8 Å². The van der Waals surface area contributed by atoms with Gasteiger partial charge in [0.05, 0.1) is 5.02 Å². The predicted molar refractivity (Wildman–Crippen MR) is 67.8 cm³/mol. The van der Waals surface area contributed by atoms with E-state index >= 15 is 0 Å². The molecular weight excluding hydrogens is 243 g/mol. The van der Waals surface area contributed by atoms with Gasteiger partial charge in [-0.15, -0.1) is 0 Å². The molecule has 0 aliphatic heterocycles. The van der Waals surface area contributed by atoms with Crippen LogP contribution in [0.2, 0.25) is 5.02 Å². The molecule has 0 atom stereocenters. The van der Waals surface area contributed by atoms with E-state index in [2.05, 4.69) is 10.6 Å². The topological polar surface area (TPSA) is 41.1 Å². The molecule has 0 saturated carbocycles. The van der Waals surface area contributed by atoms with E-state index in [0.29, 0.717) is 25.2 Å². The minimum atomic E-state index is -0.446. The fourth-order valence-electron chi connectivity index (χ4n) is 1.28. The van der Waals surface area contributed by atoms with Crippen LogP contribution < -0.4 is 10.6 Å². The highest BCUT2D eigenvalue weighted by atomic mass is 35.5. The molecule has 3 nitrogen and oxygen atoms in total. The summed E-state index contributed by atoms with van der Waals surface area (Å²) in [5.41, 5.74) is 0.708. The number of halogens is 2. The number of rotatable bonds is 6. The number of anilines is 1. The molecule has 1 rings (SSSR count). The summed E-state index contributed by atoms with van der Waals surface area (Å²) in [6.07, 6.45) is 1.31. The summed E-state index contributed by atoms with van der Waals surface area (Å²) in [5.74, 6) is -0.439. The minimum absolute atomic E-state index is 0.00700. The van der Waals surface area contributed by atoms with Gasteiger partial charge in [-0.3, -0.25) is 4.79 Å². The number of nitrogens with one attached hydrogen (secondary N) is 2. The standard InChI is InChI=1S/C12H16ClFN2O/c1-2-6-16-12(17)5-7-15-9-3-4-11(14)10(13)8-9/h3-4,8,15H,2,5-7H2,1H3,(H,16,17). The molecule has 0 bridgehead atoms. The Morgan fingerprint density at radius 1 is 1.41 bits per heavy atom. The van der Waals surface area contributed by atoms with E-state index in [1.165, 1.54) is 12.1 Å². The third-order valence-electron chi connectivity index (χ3n) is 2.17. The van der Waals surface area contributed by atoms with Crippen LogP contribution in [0, 0.1) is 5.82 Å². The lowest BCUT2D eigenvalue weighted by molar-refractivity contribution is -0.120. The normalized spacial score (nSPS) is 10.1. The number of amides is 1. The van der Waals surface area contributed by atoms with Crippen LogP contribution in [-0.2, 0) is 4.79 Å². The molecule has 1 aromatic carbocycles. The average Bonchev–Trinajstić information content (AvgIpc) is 2.31. The maximum atomic E-state index is 12.9. The molecule has 0 aromatic heterocycles. The van der Waals surface area contributed by atoms with Crippen LogP contribution in [0.3, 0.4) is 0 Å². The highest BCUT2D eigenvalue weighted by Gasteiger charge is 2.02. The summed E-state index contributed by atoms with van der Waals surface area (Å²) in [6, 6.07) is 4.38. The van der Waals surface area contributed by atoms with Gasteiger partial charge < -0.3 is 10.6 Å². The molecule has 0 radical (unpaired) electrons. The van der Waals surface area contributed by atoms with Gasteiger partial charge in [-0.2, -0.15) is 0 Å². The smallest absolute Gasteiger partial charge is 0.221 e. The molecular formula is C12H16ClFN2O. The van der Waals surface area contributed by atoms with Gasteiger partial charge in [0, 0.05) is 25.2 Å². The Kier molecular flexibility index (Phi) is 5.77. The van der Waals surface area contributed by atoms with Gasteiger partial charge in [0.15, 0.2) is 0 Å². The molecule has 0 aliphatic carbocycles. The van der Waals surface area contributed by atoms with E-state index in [1.807, 2.05) is 6.92 Å². The first-order valence-electron chi connectivity index (χ1n) is 5.59. The molecule has 5 heteroatoms. The quantitative estimate of drug-likeness (QED) is 0.824. The van der Waals surface area contributed by atoms with Crippen molar-refractivity contribution >= 4 is 23.2 Å². The van der Waals surface area contributed by atoms with Crippen molar-refractivity contribution in [1.82, 2.24) is 5.32 Å². The zero-order chi connectivity index (χ0) is 12.7. The van der Waals surface area contributed by atoms with Crippen molar-refractivity contribution < 1.29 is 9.18 Å². The Bertz CT molecular complexity index is 385. The SMILES string of the molecule is CCCNC(=O)CCNc1ccc(F)c(Cl)c1. The summed E-state index contributed by atoms with van der Waals surface area (Å²) >= 11 is 5.63. The lowest BCUT2D eigenvalue weighted by Crippen LogP contribution is -2.25. The number of hydrogen-bond donors (Lipinski definition) is 2. The van der Waals surface area contributed by atoms with E-state index in [4.69, 9.17) is 11.6 Å². The molecule has 0 saturated heterocycles. The third kappa shape index (κ3) is 5.04. The fourth-order valence-corrected chi connectivity index (χ4v) is 1.46. The molecule has 1 amide bonds. The predicted octanol–water partition coefficient (Wildman–Crippen LogP) is 2.81. The van der Waals surface area contributed by atoms with Crippen molar-refractivity contribution in [2.24, 2.45) is 0 Å². The van der Waals surface area contributed by atoms with Crippen molar-refractivity contribution in [3.05, 3.63) is 29.0 Å². The summed E-state index contributed by atoms with van der Waals surface area (Å²) in [5, 5.41) is 5.86. The van der Waals surface area contributed by atoms with Crippen LogP contribution in [0.5, 0.6) is 0 Å². The van der Waals surface area contributed by atoms with Gasteiger partial charge in [-0.05, 0) is 24.6 Å². The van der Waals surface area contributed by atoms with Gasteiger partial charge in [0.2, 0.25) is 5.91 Å². The maximum Gasteiger partial charge on any atom is 0.221 e. The molecule has 2 N–H and O–H groups in total. The van der Waals surface area contributed by atoms with Gasteiger partial charge >= 0.3 is 0 Å². The van der Waals surface area contributed by atoms with E-state index in [0.717, 1.165) is 6.42 Å². The monoisotopic (exact) mass is 258 g/mol. The lowest BCUT2D eigenvalue weighted by Gasteiger charge is -2.07. The first-order chi connectivity index (χ1) is 8.13. The molecule has 0 heterocycles. The molecule has 0 fully saturated rings. The summed E-state index contributed by atoms with van der Waals surface area (Å²) in [4.78, 5) is 11.3. The Balaban J connectivity index is 2.30. The van der Waals surface area contributed by atoms with Crippen molar-refractivity contribution in [2.75, 3.05) is 18.4 Å². The number of hydrogen-bond acceptors (Lipinski definition) is 2. The zero-order valence-corrected chi connectivity index (χ0v) is 10.5. The number of benzene rings is 1. The average molecular weight is 259 g/mol. The summed E-state index contributed by atoms with van der Waals surface area (Å²) < 4.78 is 12.9. The first kappa shape index (κ1) is 13.8. The second kappa shape index (κ2) is 7.12. The van der Waals surface area contributed by atoms with Gasteiger partial charge in [0.1, 0.15) is 5.82 Å². The van der Waals surface area contributed by atoms with Crippen molar-refractivity contribution in [1.29, 1.82) is 0 Å².